The van der Waals surface area contributed by atoms with Gasteiger partial charge in [0, 0.05) is 19.6 Å². The Balaban J connectivity index is 1.69. The number of piperazine rings is 1. The first kappa shape index (κ1) is 19.1. The van der Waals surface area contributed by atoms with E-state index >= 15 is 0 Å². The topological polar surface area (TPSA) is 79.3 Å². The van der Waals surface area contributed by atoms with Gasteiger partial charge >= 0.3 is 0 Å². The summed E-state index contributed by atoms with van der Waals surface area (Å²) in [4.78, 5) is 27.0. The van der Waals surface area contributed by atoms with E-state index in [1.807, 2.05) is 60.7 Å². The predicted octanol–water partition coefficient (Wildman–Crippen LogP) is 1.50. The van der Waals surface area contributed by atoms with Crippen molar-refractivity contribution in [3.05, 3.63) is 47.3 Å². The Bertz CT molecular complexity index is 815. The quantitative estimate of drug-likeness (QED) is 0.809. The Kier molecular flexibility index (Phi) is 5.91. The first-order valence-corrected chi connectivity index (χ1v) is 9.39. The van der Waals surface area contributed by atoms with Gasteiger partial charge in [0.1, 0.15) is 0 Å². The molecule has 1 fully saturated rings. The number of benzene rings is 1. The second kappa shape index (κ2) is 8.35. The number of amides is 2. The third kappa shape index (κ3) is 4.36. The van der Waals surface area contributed by atoms with Crippen LogP contribution >= 0.6 is 0 Å². The highest BCUT2D eigenvalue weighted by Crippen LogP contribution is 2.19. The molecule has 2 amide bonds. The number of nitrogens with one attached hydrogen (secondary N) is 2. The number of rotatable bonds is 6. The fourth-order valence-corrected chi connectivity index (χ4v) is 3.56. The molecule has 0 aliphatic carbocycles. The minimum Gasteiger partial charge on any atom is -0.353 e. The van der Waals surface area contributed by atoms with E-state index in [0.717, 1.165) is 29.2 Å². The van der Waals surface area contributed by atoms with Gasteiger partial charge in [-0.05, 0) is 32.8 Å². The molecular weight excluding hydrogens is 342 g/mol. The Morgan fingerprint density at radius 2 is 2.04 bits per heavy atom. The minimum absolute atomic E-state index is 0.0240. The number of carbonyl (C=O) groups is 2. The van der Waals surface area contributed by atoms with E-state index in [2.05, 4.69) is 15.7 Å². The molecule has 2 heterocycles. The average molecular weight is 369 g/mol. The van der Waals surface area contributed by atoms with Crippen LogP contribution in [0.25, 0.3) is 0 Å². The maximum Gasteiger partial charge on any atom is 0.238 e. The van der Waals surface area contributed by atoms with Crippen LogP contribution in [0.3, 0.4) is 0 Å². The highest BCUT2D eigenvalue weighted by molar-refractivity contribution is 5.94. The third-order valence-electron chi connectivity index (χ3n) is 5.01. The standard InChI is InChI=1S/C20H27N5O2/c1-4-25-15(3)19(14(2)23-25)22-18(26)13-24-11-10-21-20(27)17(24)12-16-8-6-5-7-9-16/h5-9,17H,4,10-13H2,1-3H3,(H,21,27)(H,22,26). The molecule has 7 nitrogen and oxygen atoms in total. The zero-order valence-electron chi connectivity index (χ0n) is 16.2. The Hall–Kier alpha value is -2.67. The van der Waals surface area contributed by atoms with E-state index in [0.29, 0.717) is 19.5 Å². The normalized spacial score (nSPS) is 17.6. The molecule has 2 aromatic rings. The molecule has 0 radical (unpaired) electrons. The number of hydrogen-bond acceptors (Lipinski definition) is 4. The van der Waals surface area contributed by atoms with Crippen LogP contribution in [0.4, 0.5) is 5.69 Å². The van der Waals surface area contributed by atoms with Crippen LogP contribution in [-0.2, 0) is 22.6 Å². The third-order valence-corrected chi connectivity index (χ3v) is 5.01. The fraction of sp³-hybridized carbons (Fsp3) is 0.450. The highest BCUT2D eigenvalue weighted by Gasteiger charge is 2.31. The number of aromatic nitrogens is 2. The fourth-order valence-electron chi connectivity index (χ4n) is 3.56. The van der Waals surface area contributed by atoms with Crippen molar-refractivity contribution < 1.29 is 9.59 Å². The van der Waals surface area contributed by atoms with Crippen LogP contribution in [0.1, 0.15) is 23.9 Å². The molecule has 0 bridgehead atoms. The van der Waals surface area contributed by atoms with Crippen molar-refractivity contribution in [3.8, 4) is 0 Å². The number of hydrogen-bond donors (Lipinski definition) is 2. The molecule has 1 aromatic carbocycles. The van der Waals surface area contributed by atoms with E-state index < -0.39 is 0 Å². The summed E-state index contributed by atoms with van der Waals surface area (Å²) in [6, 6.07) is 9.55. The minimum atomic E-state index is -0.340. The molecule has 1 saturated heterocycles. The van der Waals surface area contributed by atoms with Gasteiger partial charge in [0.05, 0.1) is 29.7 Å². The molecule has 2 N–H and O–H groups in total. The summed E-state index contributed by atoms with van der Waals surface area (Å²) in [6.07, 6.45) is 0.589. The summed E-state index contributed by atoms with van der Waals surface area (Å²) < 4.78 is 1.87. The summed E-state index contributed by atoms with van der Waals surface area (Å²) in [5, 5.41) is 10.3. The van der Waals surface area contributed by atoms with Gasteiger partial charge in [-0.25, -0.2) is 0 Å². The van der Waals surface area contributed by atoms with Gasteiger partial charge in [-0.3, -0.25) is 19.2 Å². The van der Waals surface area contributed by atoms with Gasteiger partial charge in [-0.2, -0.15) is 5.10 Å². The summed E-state index contributed by atoms with van der Waals surface area (Å²) in [6.45, 7) is 8.01. The van der Waals surface area contributed by atoms with Crippen LogP contribution in [0.5, 0.6) is 0 Å². The van der Waals surface area contributed by atoms with Gasteiger partial charge in [0.2, 0.25) is 11.8 Å². The maximum atomic E-state index is 12.7. The second-order valence-electron chi connectivity index (χ2n) is 6.88. The molecule has 1 unspecified atom stereocenters. The summed E-state index contributed by atoms with van der Waals surface area (Å²) in [7, 11) is 0. The summed E-state index contributed by atoms with van der Waals surface area (Å²) >= 11 is 0. The number of nitrogens with zero attached hydrogens (tertiary/aromatic N) is 3. The summed E-state index contributed by atoms with van der Waals surface area (Å²) in [5.41, 5.74) is 3.60. The first-order chi connectivity index (χ1) is 13.0. The number of anilines is 1. The van der Waals surface area contributed by atoms with Crippen LogP contribution in [0, 0.1) is 13.8 Å². The monoisotopic (exact) mass is 369 g/mol. The first-order valence-electron chi connectivity index (χ1n) is 9.39. The van der Waals surface area contributed by atoms with E-state index in [1.165, 1.54) is 0 Å². The van der Waals surface area contributed by atoms with Gasteiger partial charge < -0.3 is 10.6 Å². The molecule has 7 heteroatoms. The molecule has 144 valence electrons. The Morgan fingerprint density at radius 3 is 2.70 bits per heavy atom. The number of aryl methyl sites for hydroxylation is 2. The second-order valence-corrected chi connectivity index (χ2v) is 6.88. The molecule has 0 spiro atoms. The average Bonchev–Trinajstić information content (AvgIpc) is 2.93. The molecule has 1 atom stereocenters. The van der Waals surface area contributed by atoms with Crippen molar-refractivity contribution in [1.29, 1.82) is 0 Å². The van der Waals surface area contributed by atoms with E-state index in [1.54, 1.807) is 0 Å². The van der Waals surface area contributed by atoms with E-state index in [-0.39, 0.29) is 24.4 Å². The van der Waals surface area contributed by atoms with E-state index in [9.17, 15) is 9.59 Å². The molecule has 0 saturated carbocycles. The molecule has 27 heavy (non-hydrogen) atoms. The molecule has 1 aromatic heterocycles. The smallest absolute Gasteiger partial charge is 0.238 e. The largest absolute Gasteiger partial charge is 0.353 e. The van der Waals surface area contributed by atoms with Crippen molar-refractivity contribution in [2.75, 3.05) is 25.0 Å². The van der Waals surface area contributed by atoms with Crippen LogP contribution in [0.15, 0.2) is 30.3 Å². The van der Waals surface area contributed by atoms with Gasteiger partial charge in [-0.15, -0.1) is 0 Å². The zero-order valence-corrected chi connectivity index (χ0v) is 16.2. The maximum absolute atomic E-state index is 12.7. The van der Waals surface area contributed by atoms with Gasteiger partial charge in [0.15, 0.2) is 0 Å². The molecule has 1 aliphatic rings. The van der Waals surface area contributed by atoms with Gasteiger partial charge in [-0.1, -0.05) is 30.3 Å². The molecule has 1 aliphatic heterocycles. The lowest BCUT2D eigenvalue weighted by Gasteiger charge is -2.34. The van der Waals surface area contributed by atoms with Crippen molar-refractivity contribution in [2.24, 2.45) is 0 Å². The summed E-state index contributed by atoms with van der Waals surface area (Å²) in [5.74, 6) is -0.145. The van der Waals surface area contributed by atoms with Crippen molar-refractivity contribution in [2.45, 2.75) is 39.8 Å². The van der Waals surface area contributed by atoms with Crippen LogP contribution in [-0.4, -0.2) is 52.2 Å². The van der Waals surface area contributed by atoms with Gasteiger partial charge in [0.25, 0.3) is 0 Å². The van der Waals surface area contributed by atoms with Crippen LogP contribution in [0.2, 0.25) is 0 Å². The Labute approximate surface area is 159 Å². The molecular formula is C20H27N5O2. The van der Waals surface area contributed by atoms with Crippen molar-refractivity contribution in [3.63, 3.8) is 0 Å². The van der Waals surface area contributed by atoms with Crippen LogP contribution < -0.4 is 10.6 Å². The lowest BCUT2D eigenvalue weighted by atomic mass is 10.0. The zero-order chi connectivity index (χ0) is 19.4. The Morgan fingerprint density at radius 1 is 1.30 bits per heavy atom. The predicted molar refractivity (Wildman–Crippen MR) is 105 cm³/mol. The molecule has 3 rings (SSSR count). The lowest BCUT2D eigenvalue weighted by Crippen LogP contribution is -2.57. The highest BCUT2D eigenvalue weighted by atomic mass is 16.2. The lowest BCUT2D eigenvalue weighted by molar-refractivity contribution is -0.130. The van der Waals surface area contributed by atoms with E-state index in [4.69, 9.17) is 0 Å². The van der Waals surface area contributed by atoms with Crippen molar-refractivity contribution >= 4 is 17.5 Å². The SMILES string of the molecule is CCn1nc(C)c(NC(=O)CN2CCNC(=O)C2Cc2ccccc2)c1C. The van der Waals surface area contributed by atoms with Crippen molar-refractivity contribution in [1.82, 2.24) is 20.0 Å². The number of carbonyl (C=O) groups excluding carboxylic acids is 2.